The Morgan fingerprint density at radius 2 is 1.21 bits per heavy atom. The first kappa shape index (κ1) is 23.8. The van der Waals surface area contributed by atoms with Crippen LogP contribution >= 0.6 is 0 Å². The zero-order chi connectivity index (χ0) is 23.6. The number of ether oxygens (including phenoxy) is 3. The van der Waals surface area contributed by atoms with Gasteiger partial charge in [-0.25, -0.2) is 4.74 Å². The molecule has 0 aromatic heterocycles. The summed E-state index contributed by atoms with van der Waals surface area (Å²) < 4.78 is 19.2. The number of nitrogens with zero attached hydrogens (tertiary/aromatic N) is 1. The topological polar surface area (TPSA) is 70.8 Å². The predicted octanol–water partition coefficient (Wildman–Crippen LogP) is 4.30. The normalized spacial score (nSPS) is 19.9. The highest BCUT2D eigenvalue weighted by atomic mass is 16.6. The Balaban J connectivity index is 1.52. The average molecular weight is 460 g/mol. The number of hydrogen-bond acceptors (Lipinski definition) is 5. The summed E-state index contributed by atoms with van der Waals surface area (Å²) >= 11 is 0. The molecule has 1 aliphatic rings. The highest BCUT2D eigenvalue weighted by Crippen LogP contribution is 2.25. The van der Waals surface area contributed by atoms with E-state index in [1.165, 1.54) is 0 Å². The summed E-state index contributed by atoms with van der Waals surface area (Å²) in [6.07, 6.45) is -0.406. The molecular formula is C28H29NO5. The van der Waals surface area contributed by atoms with Crippen molar-refractivity contribution >= 4 is 12.0 Å². The lowest BCUT2D eigenvalue weighted by Gasteiger charge is -2.22. The summed E-state index contributed by atoms with van der Waals surface area (Å²) in [5.41, 5.74) is 3.43. The van der Waals surface area contributed by atoms with Crippen molar-refractivity contribution < 1.29 is 23.7 Å². The summed E-state index contributed by atoms with van der Waals surface area (Å²) in [6.45, 7) is 1.11. The summed E-state index contributed by atoms with van der Waals surface area (Å²) in [7, 11) is 0. The van der Waals surface area contributed by atoms with Crippen molar-refractivity contribution in [2.24, 2.45) is 0 Å². The Hall–Kier alpha value is -3.32. The number of benzene rings is 3. The first-order valence-electron chi connectivity index (χ1n) is 11.4. The molecule has 176 valence electrons. The van der Waals surface area contributed by atoms with Gasteiger partial charge in [0.2, 0.25) is 5.71 Å². The molecule has 0 bridgehead atoms. The maximum Gasteiger partial charge on any atom is 0.221 e. The van der Waals surface area contributed by atoms with Crippen LogP contribution in [0.5, 0.6) is 0 Å². The van der Waals surface area contributed by atoms with Gasteiger partial charge in [-0.05, 0) is 16.7 Å². The molecule has 0 N–H and O–H groups in total. The van der Waals surface area contributed by atoms with E-state index in [1.54, 1.807) is 0 Å². The van der Waals surface area contributed by atoms with Gasteiger partial charge in [0.1, 0.15) is 12.9 Å². The van der Waals surface area contributed by atoms with Gasteiger partial charge >= 0.3 is 0 Å². The van der Waals surface area contributed by atoms with Crippen LogP contribution in [0.4, 0.5) is 0 Å². The van der Waals surface area contributed by atoms with E-state index in [-0.39, 0.29) is 13.0 Å². The van der Waals surface area contributed by atoms with Crippen LogP contribution in [-0.2, 0) is 38.8 Å². The van der Waals surface area contributed by atoms with Crippen LogP contribution in [-0.4, -0.2) is 41.6 Å². The Morgan fingerprint density at radius 1 is 0.706 bits per heavy atom. The van der Waals surface area contributed by atoms with Gasteiger partial charge in [0, 0.05) is 0 Å². The molecule has 0 radical (unpaired) electrons. The third kappa shape index (κ3) is 6.17. The molecule has 34 heavy (non-hydrogen) atoms. The highest BCUT2D eigenvalue weighted by Gasteiger charge is 2.49. The molecule has 0 amide bonds. The van der Waals surface area contributed by atoms with Gasteiger partial charge in [0.05, 0.1) is 26.2 Å². The molecule has 0 saturated heterocycles. The maximum absolute atomic E-state index is 13.3. The molecule has 0 fully saturated rings. The van der Waals surface area contributed by atoms with Crippen molar-refractivity contribution in [1.29, 1.82) is 0 Å². The fourth-order valence-electron chi connectivity index (χ4n) is 4.10. The number of hydrogen-bond donors (Lipinski definition) is 0. The summed E-state index contributed by atoms with van der Waals surface area (Å²) in [5.74, 6) is 0. The van der Waals surface area contributed by atoms with Crippen LogP contribution in [0.3, 0.4) is 0 Å². The zero-order valence-electron chi connectivity index (χ0n) is 19.0. The van der Waals surface area contributed by atoms with Gasteiger partial charge in [-0.1, -0.05) is 91.0 Å². The molecule has 3 atom stereocenters. The van der Waals surface area contributed by atoms with Crippen LogP contribution in [0.15, 0.2) is 91.0 Å². The van der Waals surface area contributed by atoms with Crippen LogP contribution in [0, 0.1) is 5.21 Å². The molecule has 0 saturated carbocycles. The molecule has 1 aliphatic heterocycles. The lowest BCUT2D eigenvalue weighted by atomic mass is 10.0. The second kappa shape index (κ2) is 12.2. The van der Waals surface area contributed by atoms with E-state index >= 15 is 0 Å². The Bertz CT molecular complexity index is 1060. The van der Waals surface area contributed by atoms with Crippen LogP contribution in [0.2, 0.25) is 0 Å². The number of aldehydes is 1. The minimum Gasteiger partial charge on any atom is -0.623 e. The van der Waals surface area contributed by atoms with Crippen LogP contribution in [0.1, 0.15) is 23.1 Å². The fourth-order valence-corrected chi connectivity index (χ4v) is 4.10. The van der Waals surface area contributed by atoms with Crippen molar-refractivity contribution in [3.05, 3.63) is 113 Å². The van der Waals surface area contributed by atoms with Gasteiger partial charge in [0.25, 0.3) is 0 Å². The summed E-state index contributed by atoms with van der Waals surface area (Å²) in [6, 6.07) is 28.6. The number of carbonyl (C=O) groups is 1. The van der Waals surface area contributed by atoms with Crippen molar-refractivity contribution in [2.45, 2.75) is 44.5 Å². The summed E-state index contributed by atoms with van der Waals surface area (Å²) in [4.78, 5) is 11.4. The minimum absolute atomic E-state index is 0.0519. The van der Waals surface area contributed by atoms with Gasteiger partial charge in [-0.3, -0.25) is 0 Å². The quantitative estimate of drug-likeness (QED) is 0.230. The first-order chi connectivity index (χ1) is 16.8. The number of carbonyl (C=O) groups excluding carboxylic acids is 1. The molecule has 6 nitrogen and oxygen atoms in total. The van der Waals surface area contributed by atoms with E-state index in [0.717, 1.165) is 27.7 Å². The van der Waals surface area contributed by atoms with E-state index in [1.807, 2.05) is 91.0 Å². The third-order valence-corrected chi connectivity index (χ3v) is 5.85. The maximum atomic E-state index is 13.3. The molecule has 1 heterocycles. The molecule has 3 aromatic rings. The number of hydroxylamine groups is 1. The average Bonchev–Trinajstić information content (AvgIpc) is 3.13. The molecule has 4 rings (SSSR count). The zero-order valence-corrected chi connectivity index (χ0v) is 19.0. The van der Waals surface area contributed by atoms with Gasteiger partial charge < -0.3 is 24.2 Å². The smallest absolute Gasteiger partial charge is 0.221 e. The molecular weight excluding hydrogens is 430 g/mol. The second-order valence-electron chi connectivity index (χ2n) is 8.24. The van der Waals surface area contributed by atoms with E-state index in [0.29, 0.717) is 25.5 Å². The third-order valence-electron chi connectivity index (χ3n) is 5.85. The van der Waals surface area contributed by atoms with Gasteiger partial charge in [-0.15, -0.1) is 0 Å². The summed E-state index contributed by atoms with van der Waals surface area (Å²) in [5, 5.41) is 13.3. The van der Waals surface area contributed by atoms with Crippen molar-refractivity contribution in [2.75, 3.05) is 6.61 Å². The largest absolute Gasteiger partial charge is 0.623 e. The molecule has 0 unspecified atom stereocenters. The predicted molar refractivity (Wildman–Crippen MR) is 129 cm³/mol. The Kier molecular flexibility index (Phi) is 8.57. The molecule has 0 spiro atoms. The minimum atomic E-state index is -0.669. The molecule has 0 aliphatic carbocycles. The van der Waals surface area contributed by atoms with Gasteiger partial charge in [-0.2, -0.15) is 0 Å². The Labute approximate surface area is 200 Å². The number of rotatable bonds is 12. The highest BCUT2D eigenvalue weighted by molar-refractivity contribution is 5.88. The van der Waals surface area contributed by atoms with Crippen LogP contribution in [0.25, 0.3) is 0 Å². The fraction of sp³-hybridized carbons (Fsp3) is 0.286. The lowest BCUT2D eigenvalue weighted by molar-refractivity contribution is -0.502. The first-order valence-corrected chi connectivity index (χ1v) is 11.4. The van der Waals surface area contributed by atoms with E-state index < -0.39 is 18.2 Å². The standard InChI is InChI=1S/C28H29NO5/c30-17-16-25-27(33-19-23-12-6-2-7-13-23)28(34-20-24-14-8-3-9-15-24)26(29(25)31)21-32-18-22-10-4-1-5-11-22/h1-15,17,25,27-28H,16,18-21H2/t25-,27-,28-/m0/s1. The van der Waals surface area contributed by atoms with Crippen molar-refractivity contribution in [3.8, 4) is 0 Å². The molecule has 3 aromatic carbocycles. The van der Waals surface area contributed by atoms with Crippen molar-refractivity contribution in [1.82, 2.24) is 0 Å². The second-order valence-corrected chi connectivity index (χ2v) is 8.24. The van der Waals surface area contributed by atoms with Crippen molar-refractivity contribution in [3.63, 3.8) is 0 Å². The lowest BCUT2D eigenvalue weighted by Crippen LogP contribution is -2.40. The van der Waals surface area contributed by atoms with E-state index in [4.69, 9.17) is 14.2 Å². The Morgan fingerprint density at radius 3 is 1.74 bits per heavy atom. The van der Waals surface area contributed by atoms with Crippen LogP contribution < -0.4 is 0 Å². The SMILES string of the molecule is O=CC[C@H]1[C@H](OCc2ccccc2)[C@@H](OCc2ccccc2)C(COCc2ccccc2)=[N+]1[O-]. The molecule has 6 heteroatoms. The monoisotopic (exact) mass is 459 g/mol. The van der Waals surface area contributed by atoms with E-state index in [2.05, 4.69) is 0 Å². The van der Waals surface area contributed by atoms with Gasteiger partial charge in [0.15, 0.2) is 18.2 Å². The van der Waals surface area contributed by atoms with E-state index in [9.17, 15) is 10.0 Å².